The maximum Gasteiger partial charge on any atom is 0.234 e. The van der Waals surface area contributed by atoms with Gasteiger partial charge in [-0.2, -0.15) is 0 Å². The van der Waals surface area contributed by atoms with E-state index in [9.17, 15) is 4.79 Å². The number of imidazole rings is 1. The number of rotatable bonds is 8. The van der Waals surface area contributed by atoms with Crippen molar-refractivity contribution < 1.29 is 4.79 Å². The van der Waals surface area contributed by atoms with Crippen molar-refractivity contribution in [1.82, 2.24) is 19.8 Å². The fourth-order valence-electron chi connectivity index (χ4n) is 2.06. The Labute approximate surface area is 114 Å². The summed E-state index contributed by atoms with van der Waals surface area (Å²) in [7, 11) is 4.01. The molecule has 1 aromatic rings. The summed E-state index contributed by atoms with van der Waals surface area (Å²) in [6, 6.07) is 0.286. The van der Waals surface area contributed by atoms with Crippen LogP contribution in [0.2, 0.25) is 0 Å². The molecule has 0 spiro atoms. The summed E-state index contributed by atoms with van der Waals surface area (Å²) in [5.74, 6) is 0.769. The van der Waals surface area contributed by atoms with Crippen LogP contribution in [-0.4, -0.2) is 46.0 Å². The number of nitrogens with zero attached hydrogens (tertiary/aromatic N) is 3. The van der Waals surface area contributed by atoms with Gasteiger partial charge >= 0.3 is 0 Å². The summed E-state index contributed by atoms with van der Waals surface area (Å²) in [5, 5.41) is 3.29. The monoisotopic (exact) mass is 265 g/mol. The first-order chi connectivity index (χ1) is 9.06. The Balaban J connectivity index is 1.76. The molecule has 0 saturated heterocycles. The molecule has 1 aliphatic rings. The van der Waals surface area contributed by atoms with Crippen LogP contribution in [0.4, 0.5) is 0 Å². The van der Waals surface area contributed by atoms with Crippen LogP contribution in [0.1, 0.15) is 25.1 Å². The first-order valence-electron chi connectivity index (χ1n) is 6.76. The molecule has 1 saturated carbocycles. The van der Waals surface area contributed by atoms with Crippen LogP contribution < -0.4 is 11.1 Å². The number of carbonyl (C=O) groups excluding carboxylic acids is 1. The van der Waals surface area contributed by atoms with Crippen molar-refractivity contribution in [3.63, 3.8) is 0 Å². The number of nitrogens with two attached hydrogens (primary N) is 1. The minimum Gasteiger partial charge on any atom is -0.368 e. The van der Waals surface area contributed by atoms with Crippen LogP contribution in [0.25, 0.3) is 0 Å². The Hall–Kier alpha value is -1.40. The maximum atomic E-state index is 11.4. The van der Waals surface area contributed by atoms with Crippen molar-refractivity contribution in [2.45, 2.75) is 37.9 Å². The lowest BCUT2D eigenvalue weighted by molar-refractivity contribution is -0.120. The van der Waals surface area contributed by atoms with Gasteiger partial charge in [-0.25, -0.2) is 4.98 Å². The van der Waals surface area contributed by atoms with Crippen LogP contribution in [0.5, 0.6) is 0 Å². The van der Waals surface area contributed by atoms with Gasteiger partial charge in [-0.1, -0.05) is 0 Å². The lowest BCUT2D eigenvalue weighted by Crippen LogP contribution is -2.44. The Kier molecular flexibility index (Phi) is 4.55. The zero-order valence-electron chi connectivity index (χ0n) is 11.7. The van der Waals surface area contributed by atoms with Gasteiger partial charge in [0.1, 0.15) is 5.82 Å². The van der Waals surface area contributed by atoms with E-state index < -0.39 is 0 Å². The Bertz CT molecular complexity index is 426. The number of nitrogens with one attached hydrogen (secondary N) is 1. The van der Waals surface area contributed by atoms with Crippen LogP contribution in [0.3, 0.4) is 0 Å². The molecule has 1 heterocycles. The molecule has 1 unspecified atom stereocenters. The summed E-state index contributed by atoms with van der Waals surface area (Å²) >= 11 is 0. The number of hydrogen-bond donors (Lipinski definition) is 2. The molecule has 0 aromatic carbocycles. The molecule has 106 valence electrons. The van der Waals surface area contributed by atoms with E-state index in [-0.39, 0.29) is 11.9 Å². The number of hydrogen-bond acceptors (Lipinski definition) is 4. The normalized spacial score (nSPS) is 16.8. The van der Waals surface area contributed by atoms with Crippen molar-refractivity contribution in [1.29, 1.82) is 0 Å². The minimum atomic E-state index is -0.253. The highest BCUT2D eigenvalue weighted by atomic mass is 16.1. The highest BCUT2D eigenvalue weighted by molar-refractivity contribution is 5.79. The molecule has 1 fully saturated rings. The number of carbonyl (C=O) groups is 1. The summed E-state index contributed by atoms with van der Waals surface area (Å²) in [6.07, 6.45) is 6.79. The van der Waals surface area contributed by atoms with Gasteiger partial charge in [0.25, 0.3) is 0 Å². The molecule has 2 rings (SSSR count). The van der Waals surface area contributed by atoms with Crippen molar-refractivity contribution in [3.8, 4) is 0 Å². The van der Waals surface area contributed by atoms with Gasteiger partial charge in [0, 0.05) is 32.0 Å². The van der Waals surface area contributed by atoms with E-state index in [0.29, 0.717) is 6.04 Å². The van der Waals surface area contributed by atoms with E-state index in [1.54, 1.807) is 6.20 Å². The van der Waals surface area contributed by atoms with Crippen LogP contribution in [-0.2, 0) is 18.4 Å². The fraction of sp³-hybridized carbons (Fsp3) is 0.692. The first-order valence-corrected chi connectivity index (χ1v) is 6.76. The molecule has 1 aromatic heterocycles. The smallest absolute Gasteiger partial charge is 0.234 e. The predicted octanol–water partition coefficient (Wildman–Crippen LogP) is -0.152. The van der Waals surface area contributed by atoms with Crippen molar-refractivity contribution in [2.75, 3.05) is 13.6 Å². The molecule has 1 aliphatic carbocycles. The van der Waals surface area contributed by atoms with Gasteiger partial charge in [0.15, 0.2) is 0 Å². The molecule has 0 bridgehead atoms. The molecular formula is C13H23N5O. The second kappa shape index (κ2) is 6.16. The van der Waals surface area contributed by atoms with E-state index in [1.165, 1.54) is 0 Å². The summed E-state index contributed by atoms with van der Waals surface area (Å²) in [5.41, 5.74) is 5.42. The summed E-state index contributed by atoms with van der Waals surface area (Å²) < 4.78 is 2.00. The highest BCUT2D eigenvalue weighted by Crippen LogP contribution is 2.20. The zero-order chi connectivity index (χ0) is 13.8. The third-order valence-electron chi connectivity index (χ3n) is 3.49. The van der Waals surface area contributed by atoms with Crippen molar-refractivity contribution in [3.05, 3.63) is 18.2 Å². The highest BCUT2D eigenvalue weighted by Gasteiger charge is 2.27. The second-order valence-electron chi connectivity index (χ2n) is 5.38. The third-order valence-corrected chi connectivity index (χ3v) is 3.49. The standard InChI is InChI=1S/C13H23N5O/c1-17(9-12-15-6-8-18(12)2)7-5-11(13(14)19)16-10-3-4-10/h6,8,10-11,16H,3-5,7,9H2,1-2H3,(H2,14,19). The predicted molar refractivity (Wildman–Crippen MR) is 73.3 cm³/mol. The average molecular weight is 265 g/mol. The lowest BCUT2D eigenvalue weighted by Gasteiger charge is -2.20. The van der Waals surface area contributed by atoms with E-state index in [2.05, 4.69) is 15.2 Å². The van der Waals surface area contributed by atoms with Gasteiger partial charge in [-0.3, -0.25) is 9.69 Å². The second-order valence-corrected chi connectivity index (χ2v) is 5.38. The largest absolute Gasteiger partial charge is 0.368 e. The molecule has 0 radical (unpaired) electrons. The number of aryl methyl sites for hydroxylation is 1. The summed E-state index contributed by atoms with van der Waals surface area (Å²) in [6.45, 7) is 1.60. The van der Waals surface area contributed by atoms with Crippen LogP contribution in [0.15, 0.2) is 12.4 Å². The van der Waals surface area contributed by atoms with Gasteiger partial charge in [0.2, 0.25) is 5.91 Å². The van der Waals surface area contributed by atoms with Crippen LogP contribution in [0, 0.1) is 0 Å². The summed E-state index contributed by atoms with van der Waals surface area (Å²) in [4.78, 5) is 17.8. The average Bonchev–Trinajstić information content (AvgIpc) is 3.09. The quantitative estimate of drug-likeness (QED) is 0.685. The van der Waals surface area contributed by atoms with Gasteiger partial charge in [-0.05, 0) is 26.3 Å². The van der Waals surface area contributed by atoms with Crippen LogP contribution >= 0.6 is 0 Å². The lowest BCUT2D eigenvalue weighted by atomic mass is 10.2. The molecule has 0 aliphatic heterocycles. The Morgan fingerprint density at radius 3 is 2.95 bits per heavy atom. The van der Waals surface area contributed by atoms with E-state index in [1.807, 2.05) is 24.9 Å². The Morgan fingerprint density at radius 1 is 1.68 bits per heavy atom. The Morgan fingerprint density at radius 2 is 2.42 bits per heavy atom. The molecular weight excluding hydrogens is 242 g/mol. The minimum absolute atomic E-state index is 0.212. The van der Waals surface area contributed by atoms with Crippen molar-refractivity contribution in [2.24, 2.45) is 12.8 Å². The van der Waals surface area contributed by atoms with Gasteiger partial charge in [0.05, 0.1) is 12.6 Å². The number of amides is 1. The number of aromatic nitrogens is 2. The number of primary amides is 1. The molecule has 1 atom stereocenters. The molecule has 6 nitrogen and oxygen atoms in total. The topological polar surface area (TPSA) is 76.2 Å². The molecule has 1 amide bonds. The van der Waals surface area contributed by atoms with E-state index >= 15 is 0 Å². The third kappa shape index (κ3) is 4.33. The molecule has 19 heavy (non-hydrogen) atoms. The molecule has 3 N–H and O–H groups in total. The van der Waals surface area contributed by atoms with E-state index in [0.717, 1.165) is 38.2 Å². The molecule has 6 heteroatoms. The van der Waals surface area contributed by atoms with E-state index in [4.69, 9.17) is 5.73 Å². The first kappa shape index (κ1) is 14.0. The zero-order valence-corrected chi connectivity index (χ0v) is 11.7. The SMILES string of the molecule is CN(CCC(NC1CC1)C(N)=O)Cc1nccn1C. The van der Waals surface area contributed by atoms with Gasteiger partial charge < -0.3 is 15.6 Å². The van der Waals surface area contributed by atoms with Crippen molar-refractivity contribution >= 4 is 5.91 Å². The maximum absolute atomic E-state index is 11.4. The fourth-order valence-corrected chi connectivity index (χ4v) is 2.06. The van der Waals surface area contributed by atoms with Gasteiger partial charge in [-0.15, -0.1) is 0 Å².